The highest BCUT2D eigenvalue weighted by Crippen LogP contribution is 2.35. The Kier molecular flexibility index (Phi) is 4.54. The van der Waals surface area contributed by atoms with E-state index in [2.05, 4.69) is 10.6 Å². The Hall–Kier alpha value is -3.28. The molecule has 4 rings (SSSR count). The number of benzene rings is 2. The van der Waals surface area contributed by atoms with E-state index in [1.807, 2.05) is 25.1 Å². The third-order valence-electron chi connectivity index (χ3n) is 4.42. The van der Waals surface area contributed by atoms with E-state index < -0.39 is 5.91 Å². The standard InChI is InChI=1S/C21H20N2O4/c1-2-26-15-11-9-14(10-12-15)22-21(25)19-18(23-20(24)13-7-8-13)16-5-3-4-6-17(16)27-19/h3-6,9-13H,2,7-8H2,1H3,(H,22,25)(H,23,24). The lowest BCUT2D eigenvalue weighted by Gasteiger charge is -2.08. The van der Waals surface area contributed by atoms with Crippen molar-refractivity contribution in [2.75, 3.05) is 17.2 Å². The zero-order valence-electron chi connectivity index (χ0n) is 15.0. The lowest BCUT2D eigenvalue weighted by atomic mass is 10.2. The number of hydrogen-bond acceptors (Lipinski definition) is 4. The van der Waals surface area contributed by atoms with Crippen LogP contribution in [-0.2, 0) is 4.79 Å². The number of carbonyl (C=O) groups excluding carboxylic acids is 2. The molecule has 6 heteroatoms. The molecule has 0 saturated heterocycles. The van der Waals surface area contributed by atoms with Crippen LogP contribution in [0.1, 0.15) is 30.3 Å². The summed E-state index contributed by atoms with van der Waals surface area (Å²) in [7, 11) is 0. The second-order valence-electron chi connectivity index (χ2n) is 6.48. The SMILES string of the molecule is CCOc1ccc(NC(=O)c2oc3ccccc3c2NC(=O)C2CC2)cc1. The first-order chi connectivity index (χ1) is 13.2. The van der Waals surface area contributed by atoms with Gasteiger partial charge >= 0.3 is 0 Å². The molecule has 1 aliphatic rings. The Morgan fingerprint density at radius 3 is 2.52 bits per heavy atom. The third kappa shape index (κ3) is 3.65. The number of furan rings is 1. The number of anilines is 2. The zero-order chi connectivity index (χ0) is 18.8. The van der Waals surface area contributed by atoms with Crippen molar-refractivity contribution in [3.63, 3.8) is 0 Å². The normalized spacial score (nSPS) is 13.4. The molecule has 1 saturated carbocycles. The number of hydrogen-bond donors (Lipinski definition) is 2. The number of ether oxygens (including phenoxy) is 1. The van der Waals surface area contributed by atoms with Gasteiger partial charge in [-0.25, -0.2) is 0 Å². The fourth-order valence-electron chi connectivity index (χ4n) is 2.89. The van der Waals surface area contributed by atoms with E-state index in [-0.39, 0.29) is 17.6 Å². The maximum absolute atomic E-state index is 12.8. The van der Waals surface area contributed by atoms with Crippen LogP contribution >= 0.6 is 0 Å². The predicted molar refractivity (Wildman–Crippen MR) is 103 cm³/mol. The van der Waals surface area contributed by atoms with Gasteiger partial charge in [-0.1, -0.05) is 12.1 Å². The molecule has 6 nitrogen and oxygen atoms in total. The minimum atomic E-state index is -0.415. The highest BCUT2D eigenvalue weighted by Gasteiger charge is 2.32. The van der Waals surface area contributed by atoms with Crippen LogP contribution in [0.4, 0.5) is 11.4 Å². The largest absolute Gasteiger partial charge is 0.494 e. The zero-order valence-corrected chi connectivity index (χ0v) is 15.0. The molecule has 27 heavy (non-hydrogen) atoms. The van der Waals surface area contributed by atoms with Crippen LogP contribution in [0.3, 0.4) is 0 Å². The van der Waals surface area contributed by atoms with E-state index in [0.717, 1.165) is 18.6 Å². The molecule has 1 heterocycles. The summed E-state index contributed by atoms with van der Waals surface area (Å²) in [5.74, 6) is 0.370. The Morgan fingerprint density at radius 2 is 1.81 bits per heavy atom. The maximum Gasteiger partial charge on any atom is 0.293 e. The van der Waals surface area contributed by atoms with Crippen molar-refractivity contribution in [3.05, 3.63) is 54.3 Å². The fraction of sp³-hybridized carbons (Fsp3) is 0.238. The van der Waals surface area contributed by atoms with E-state index in [1.165, 1.54) is 0 Å². The van der Waals surface area contributed by atoms with Crippen LogP contribution in [0.5, 0.6) is 5.75 Å². The molecule has 1 fully saturated rings. The summed E-state index contributed by atoms with van der Waals surface area (Å²) in [5.41, 5.74) is 1.59. The highest BCUT2D eigenvalue weighted by molar-refractivity contribution is 6.14. The lowest BCUT2D eigenvalue weighted by molar-refractivity contribution is -0.117. The summed E-state index contributed by atoms with van der Waals surface area (Å²) in [6, 6.07) is 14.4. The van der Waals surface area contributed by atoms with Crippen molar-refractivity contribution in [2.24, 2.45) is 5.92 Å². The van der Waals surface area contributed by atoms with E-state index in [9.17, 15) is 9.59 Å². The Bertz CT molecular complexity index is 987. The summed E-state index contributed by atoms with van der Waals surface area (Å²) in [6.45, 7) is 2.49. The van der Waals surface area contributed by atoms with E-state index >= 15 is 0 Å². The topological polar surface area (TPSA) is 80.6 Å². The maximum atomic E-state index is 12.8. The van der Waals surface area contributed by atoms with E-state index in [4.69, 9.17) is 9.15 Å². The summed E-state index contributed by atoms with van der Waals surface area (Å²) in [4.78, 5) is 25.0. The van der Waals surface area contributed by atoms with Crippen LogP contribution in [0, 0.1) is 5.92 Å². The van der Waals surface area contributed by atoms with Crippen LogP contribution in [0.25, 0.3) is 11.0 Å². The van der Waals surface area contributed by atoms with Crippen LogP contribution in [-0.4, -0.2) is 18.4 Å². The minimum absolute atomic E-state index is 0.0284. The minimum Gasteiger partial charge on any atom is -0.494 e. The molecule has 0 unspecified atom stereocenters. The molecule has 138 valence electrons. The number of amides is 2. The molecule has 0 radical (unpaired) electrons. The molecular formula is C21H20N2O4. The molecule has 3 aromatic rings. The molecule has 1 aliphatic carbocycles. The molecule has 0 atom stereocenters. The van der Waals surface area contributed by atoms with Crippen LogP contribution < -0.4 is 15.4 Å². The van der Waals surface area contributed by atoms with Gasteiger partial charge in [-0.15, -0.1) is 0 Å². The summed E-state index contributed by atoms with van der Waals surface area (Å²) < 4.78 is 11.1. The fourth-order valence-corrected chi connectivity index (χ4v) is 2.89. The first-order valence-corrected chi connectivity index (χ1v) is 9.02. The second-order valence-corrected chi connectivity index (χ2v) is 6.48. The van der Waals surface area contributed by atoms with Crippen molar-refractivity contribution in [2.45, 2.75) is 19.8 Å². The van der Waals surface area contributed by atoms with Gasteiger partial charge in [-0.3, -0.25) is 9.59 Å². The van der Waals surface area contributed by atoms with Gasteiger partial charge in [0, 0.05) is 17.0 Å². The van der Waals surface area contributed by atoms with Crippen molar-refractivity contribution >= 4 is 34.2 Å². The van der Waals surface area contributed by atoms with Crippen molar-refractivity contribution in [1.29, 1.82) is 0 Å². The number of rotatable bonds is 6. The smallest absolute Gasteiger partial charge is 0.293 e. The number of nitrogens with one attached hydrogen (secondary N) is 2. The summed E-state index contributed by atoms with van der Waals surface area (Å²) >= 11 is 0. The first-order valence-electron chi connectivity index (χ1n) is 9.02. The molecule has 0 aliphatic heterocycles. The predicted octanol–water partition coefficient (Wildman–Crippen LogP) is 4.43. The van der Waals surface area contributed by atoms with Gasteiger partial charge in [-0.2, -0.15) is 0 Å². The summed E-state index contributed by atoms with van der Waals surface area (Å²) in [5, 5.41) is 6.39. The Morgan fingerprint density at radius 1 is 1.07 bits per heavy atom. The average molecular weight is 364 g/mol. The highest BCUT2D eigenvalue weighted by atomic mass is 16.5. The van der Waals surface area contributed by atoms with Crippen molar-refractivity contribution < 1.29 is 18.7 Å². The number of para-hydroxylation sites is 1. The Labute approximate surface area is 156 Å². The molecule has 0 bridgehead atoms. The molecule has 2 amide bonds. The molecule has 2 N–H and O–H groups in total. The first kappa shape index (κ1) is 17.1. The monoisotopic (exact) mass is 364 g/mol. The molecule has 2 aromatic carbocycles. The van der Waals surface area contributed by atoms with Gasteiger partial charge in [0.1, 0.15) is 17.0 Å². The van der Waals surface area contributed by atoms with Gasteiger partial charge in [-0.05, 0) is 56.2 Å². The van der Waals surface area contributed by atoms with Gasteiger partial charge in [0.25, 0.3) is 5.91 Å². The number of fused-ring (bicyclic) bond motifs is 1. The van der Waals surface area contributed by atoms with Gasteiger partial charge in [0.05, 0.1) is 6.61 Å². The average Bonchev–Trinajstić information content (AvgIpc) is 3.47. The second kappa shape index (κ2) is 7.15. The molecule has 1 aromatic heterocycles. The van der Waals surface area contributed by atoms with Crippen LogP contribution in [0.2, 0.25) is 0 Å². The van der Waals surface area contributed by atoms with E-state index in [0.29, 0.717) is 29.0 Å². The lowest BCUT2D eigenvalue weighted by Crippen LogP contribution is -2.18. The van der Waals surface area contributed by atoms with Gasteiger partial charge < -0.3 is 19.8 Å². The summed E-state index contributed by atoms with van der Waals surface area (Å²) in [6.07, 6.45) is 1.77. The molecule has 0 spiro atoms. The van der Waals surface area contributed by atoms with Crippen molar-refractivity contribution in [3.8, 4) is 5.75 Å². The van der Waals surface area contributed by atoms with Crippen LogP contribution in [0.15, 0.2) is 52.9 Å². The van der Waals surface area contributed by atoms with Gasteiger partial charge in [0.2, 0.25) is 11.7 Å². The number of carbonyl (C=O) groups is 2. The van der Waals surface area contributed by atoms with Crippen molar-refractivity contribution in [1.82, 2.24) is 0 Å². The van der Waals surface area contributed by atoms with Gasteiger partial charge in [0.15, 0.2) is 0 Å². The third-order valence-corrected chi connectivity index (χ3v) is 4.42. The Balaban J connectivity index is 1.61. The molecular weight excluding hydrogens is 344 g/mol. The van der Waals surface area contributed by atoms with E-state index in [1.54, 1.807) is 30.3 Å². The quantitative estimate of drug-likeness (QED) is 0.678.